The van der Waals surface area contributed by atoms with Crippen molar-refractivity contribution < 1.29 is 9.90 Å². The van der Waals surface area contributed by atoms with Crippen LogP contribution >= 0.6 is 0 Å². The average molecular weight is 261 g/mol. The Kier molecular flexibility index (Phi) is 4.83. The van der Waals surface area contributed by atoms with Crippen LogP contribution in [0.4, 0.5) is 5.69 Å². The van der Waals surface area contributed by atoms with Crippen molar-refractivity contribution in [1.82, 2.24) is 0 Å². The van der Waals surface area contributed by atoms with Gasteiger partial charge in [0.15, 0.2) is 0 Å². The second-order valence-electron chi connectivity index (χ2n) is 5.53. The highest BCUT2D eigenvalue weighted by Gasteiger charge is 2.19. The zero-order valence-electron chi connectivity index (χ0n) is 11.6. The molecular formula is C16H23NO2. The van der Waals surface area contributed by atoms with Crippen molar-refractivity contribution in [2.75, 3.05) is 5.32 Å². The van der Waals surface area contributed by atoms with E-state index in [0.717, 1.165) is 36.9 Å². The molecule has 0 radical (unpaired) electrons. The van der Waals surface area contributed by atoms with Gasteiger partial charge in [0.2, 0.25) is 5.91 Å². The third-order valence-electron chi connectivity index (χ3n) is 3.94. The lowest BCUT2D eigenvalue weighted by atomic mass is 9.90. The number of rotatable bonds is 2. The van der Waals surface area contributed by atoms with E-state index in [9.17, 15) is 9.90 Å². The number of amides is 1. The summed E-state index contributed by atoms with van der Waals surface area (Å²) in [6, 6.07) is 5.20. The summed E-state index contributed by atoms with van der Waals surface area (Å²) in [5.41, 5.74) is 1.57. The molecule has 0 saturated heterocycles. The summed E-state index contributed by atoms with van der Waals surface area (Å²) in [5.74, 6) is 0.547. The van der Waals surface area contributed by atoms with Gasteiger partial charge in [-0.05, 0) is 43.5 Å². The third kappa shape index (κ3) is 3.98. The molecule has 19 heavy (non-hydrogen) atoms. The molecule has 1 saturated carbocycles. The van der Waals surface area contributed by atoms with Crippen molar-refractivity contribution in [1.29, 1.82) is 0 Å². The predicted octanol–water partition coefficient (Wildman–Crippen LogP) is 4.00. The SMILES string of the molecule is Cc1cc(NC(=O)C2CCCCCCC2)ccc1O. The van der Waals surface area contributed by atoms with Crippen molar-refractivity contribution >= 4 is 11.6 Å². The minimum atomic E-state index is 0.131. The van der Waals surface area contributed by atoms with Gasteiger partial charge in [-0.3, -0.25) is 4.79 Å². The van der Waals surface area contributed by atoms with E-state index in [2.05, 4.69) is 5.32 Å². The largest absolute Gasteiger partial charge is 0.508 e. The monoisotopic (exact) mass is 261 g/mol. The molecule has 0 aliphatic heterocycles. The molecule has 1 aromatic rings. The molecule has 1 aliphatic rings. The van der Waals surface area contributed by atoms with E-state index in [1.807, 2.05) is 13.0 Å². The summed E-state index contributed by atoms with van der Waals surface area (Å²) in [4.78, 5) is 12.3. The fourth-order valence-corrected chi connectivity index (χ4v) is 2.70. The number of phenolic OH excluding ortho intramolecular Hbond substituents is 1. The molecule has 0 atom stereocenters. The van der Waals surface area contributed by atoms with Gasteiger partial charge in [-0.2, -0.15) is 0 Å². The Balaban J connectivity index is 1.96. The summed E-state index contributed by atoms with van der Waals surface area (Å²) >= 11 is 0. The van der Waals surface area contributed by atoms with Crippen LogP contribution in [0.1, 0.15) is 50.5 Å². The number of hydrogen-bond donors (Lipinski definition) is 2. The summed E-state index contributed by atoms with van der Waals surface area (Å²) < 4.78 is 0. The van der Waals surface area contributed by atoms with Crippen molar-refractivity contribution in [3.05, 3.63) is 23.8 Å². The minimum absolute atomic E-state index is 0.131. The highest BCUT2D eigenvalue weighted by atomic mass is 16.3. The first kappa shape index (κ1) is 13.9. The van der Waals surface area contributed by atoms with Crippen molar-refractivity contribution in [3.63, 3.8) is 0 Å². The van der Waals surface area contributed by atoms with Crippen LogP contribution < -0.4 is 5.32 Å². The molecule has 2 rings (SSSR count). The maximum atomic E-state index is 12.3. The van der Waals surface area contributed by atoms with Crippen molar-refractivity contribution in [2.45, 2.75) is 51.9 Å². The lowest BCUT2D eigenvalue weighted by Crippen LogP contribution is -2.23. The highest BCUT2D eigenvalue weighted by molar-refractivity contribution is 5.92. The number of nitrogens with one attached hydrogen (secondary N) is 1. The molecule has 1 amide bonds. The summed E-state index contributed by atoms with van der Waals surface area (Å²) in [5, 5.41) is 12.5. The van der Waals surface area contributed by atoms with Crippen molar-refractivity contribution in [3.8, 4) is 5.75 Å². The van der Waals surface area contributed by atoms with E-state index in [4.69, 9.17) is 0 Å². The van der Waals surface area contributed by atoms with E-state index >= 15 is 0 Å². The third-order valence-corrected chi connectivity index (χ3v) is 3.94. The van der Waals surface area contributed by atoms with Crippen LogP contribution in [0.5, 0.6) is 5.75 Å². The molecule has 0 heterocycles. The Bertz CT molecular complexity index is 434. The van der Waals surface area contributed by atoms with Gasteiger partial charge in [0, 0.05) is 11.6 Å². The number of hydrogen-bond acceptors (Lipinski definition) is 2. The van der Waals surface area contributed by atoms with E-state index in [-0.39, 0.29) is 17.6 Å². The number of carbonyl (C=O) groups is 1. The zero-order valence-corrected chi connectivity index (χ0v) is 11.6. The van der Waals surface area contributed by atoms with Gasteiger partial charge >= 0.3 is 0 Å². The Hall–Kier alpha value is -1.51. The van der Waals surface area contributed by atoms with Crippen molar-refractivity contribution in [2.24, 2.45) is 5.92 Å². The Labute approximate surface area is 115 Å². The molecule has 3 nitrogen and oxygen atoms in total. The van der Waals surface area contributed by atoms with E-state index in [0.29, 0.717) is 0 Å². The fraction of sp³-hybridized carbons (Fsp3) is 0.562. The van der Waals surface area contributed by atoms with E-state index in [1.54, 1.807) is 12.1 Å². The number of aromatic hydroxyl groups is 1. The van der Waals surface area contributed by atoms with Gasteiger partial charge in [-0.1, -0.05) is 32.1 Å². The van der Waals surface area contributed by atoms with Gasteiger partial charge in [0.05, 0.1) is 0 Å². The predicted molar refractivity (Wildman–Crippen MR) is 77.3 cm³/mol. The Morgan fingerprint density at radius 3 is 2.42 bits per heavy atom. The number of carbonyl (C=O) groups excluding carboxylic acids is 1. The minimum Gasteiger partial charge on any atom is -0.508 e. The number of anilines is 1. The summed E-state index contributed by atoms with van der Waals surface area (Å²) in [6.45, 7) is 1.83. The molecule has 3 heteroatoms. The maximum absolute atomic E-state index is 12.3. The summed E-state index contributed by atoms with van der Waals surface area (Å²) in [7, 11) is 0. The highest BCUT2D eigenvalue weighted by Crippen LogP contribution is 2.25. The first-order valence-electron chi connectivity index (χ1n) is 7.27. The van der Waals surface area contributed by atoms with Crippen LogP contribution in [-0.2, 0) is 4.79 Å². The average Bonchev–Trinajstić information content (AvgIpc) is 2.33. The molecule has 0 unspecified atom stereocenters. The standard InChI is InChI=1S/C16H23NO2/c1-12-11-14(9-10-15(12)18)17-16(19)13-7-5-3-2-4-6-8-13/h9-11,13,18H,2-8H2,1H3,(H,17,19). The molecule has 2 N–H and O–H groups in total. The van der Waals surface area contributed by atoms with Crippen LogP contribution in [-0.4, -0.2) is 11.0 Å². The molecular weight excluding hydrogens is 238 g/mol. The van der Waals surface area contributed by atoms with Crippen LogP contribution in [0.15, 0.2) is 18.2 Å². The van der Waals surface area contributed by atoms with Gasteiger partial charge in [-0.25, -0.2) is 0 Å². The lowest BCUT2D eigenvalue weighted by Gasteiger charge is -2.19. The van der Waals surface area contributed by atoms with Crippen LogP contribution in [0.25, 0.3) is 0 Å². The number of benzene rings is 1. The molecule has 1 fully saturated rings. The van der Waals surface area contributed by atoms with E-state index in [1.165, 1.54) is 19.3 Å². The molecule has 104 valence electrons. The molecule has 0 bridgehead atoms. The van der Waals surface area contributed by atoms with Crippen LogP contribution in [0.3, 0.4) is 0 Å². The topological polar surface area (TPSA) is 49.3 Å². The van der Waals surface area contributed by atoms with Gasteiger partial charge in [0.1, 0.15) is 5.75 Å². The Morgan fingerprint density at radius 2 is 1.79 bits per heavy atom. The maximum Gasteiger partial charge on any atom is 0.227 e. The summed E-state index contributed by atoms with van der Waals surface area (Å²) in [6.07, 6.45) is 8.14. The van der Waals surface area contributed by atoms with Crippen LogP contribution in [0.2, 0.25) is 0 Å². The normalized spacial score (nSPS) is 17.5. The number of phenols is 1. The first-order valence-corrected chi connectivity index (χ1v) is 7.27. The number of aryl methyl sites for hydroxylation is 1. The zero-order chi connectivity index (χ0) is 13.7. The molecule has 1 aromatic carbocycles. The Morgan fingerprint density at radius 1 is 1.16 bits per heavy atom. The second kappa shape index (κ2) is 6.60. The smallest absolute Gasteiger partial charge is 0.227 e. The van der Waals surface area contributed by atoms with Gasteiger partial charge in [0.25, 0.3) is 0 Å². The fourth-order valence-electron chi connectivity index (χ4n) is 2.70. The second-order valence-corrected chi connectivity index (χ2v) is 5.53. The lowest BCUT2D eigenvalue weighted by molar-refractivity contribution is -0.120. The first-order chi connectivity index (χ1) is 9.16. The van der Waals surface area contributed by atoms with Gasteiger partial charge in [-0.15, -0.1) is 0 Å². The molecule has 0 aromatic heterocycles. The van der Waals surface area contributed by atoms with Crippen LogP contribution in [0, 0.1) is 12.8 Å². The van der Waals surface area contributed by atoms with E-state index < -0.39 is 0 Å². The van der Waals surface area contributed by atoms with Gasteiger partial charge < -0.3 is 10.4 Å². The molecule has 0 spiro atoms. The quantitative estimate of drug-likeness (QED) is 0.790. The molecule has 1 aliphatic carbocycles.